The molecule has 0 saturated carbocycles. The molecule has 1 heterocycles. The second kappa shape index (κ2) is 4.64. The fourth-order valence-corrected chi connectivity index (χ4v) is 1.95. The Bertz CT molecular complexity index is 599. The van der Waals surface area contributed by atoms with Crippen LogP contribution in [-0.2, 0) is 13.5 Å². The highest BCUT2D eigenvalue weighted by Crippen LogP contribution is 2.15. The number of rotatable bonds is 3. The molecule has 0 atom stereocenters. The SMILES string of the molecule is Cc1cc(CC(=O)c2ccc(N)c(C)c2)n(C)n1. The molecule has 0 saturated heterocycles. The molecule has 0 unspecified atom stereocenters. The van der Waals surface area contributed by atoms with E-state index in [0.29, 0.717) is 17.7 Å². The predicted molar refractivity (Wildman–Crippen MR) is 71.6 cm³/mol. The van der Waals surface area contributed by atoms with Crippen LogP contribution >= 0.6 is 0 Å². The molecule has 2 rings (SSSR count). The highest BCUT2D eigenvalue weighted by atomic mass is 16.1. The van der Waals surface area contributed by atoms with Crippen LogP contribution in [0, 0.1) is 13.8 Å². The van der Waals surface area contributed by atoms with Crippen molar-refractivity contribution in [2.75, 3.05) is 5.73 Å². The fraction of sp³-hybridized carbons (Fsp3) is 0.286. The number of hydrogen-bond acceptors (Lipinski definition) is 3. The molecule has 4 heteroatoms. The summed E-state index contributed by atoms with van der Waals surface area (Å²) in [7, 11) is 1.85. The zero-order valence-electron chi connectivity index (χ0n) is 10.9. The van der Waals surface area contributed by atoms with Crippen LogP contribution in [0.2, 0.25) is 0 Å². The van der Waals surface area contributed by atoms with Gasteiger partial charge in [0.15, 0.2) is 5.78 Å². The Labute approximate surface area is 106 Å². The van der Waals surface area contributed by atoms with E-state index in [1.54, 1.807) is 16.8 Å². The second-order valence-corrected chi connectivity index (χ2v) is 4.57. The minimum Gasteiger partial charge on any atom is -0.399 e. The minimum absolute atomic E-state index is 0.0844. The molecular weight excluding hydrogens is 226 g/mol. The van der Waals surface area contributed by atoms with Gasteiger partial charge in [-0.1, -0.05) is 0 Å². The first-order chi connectivity index (χ1) is 8.47. The average molecular weight is 243 g/mol. The summed E-state index contributed by atoms with van der Waals surface area (Å²) in [6, 6.07) is 7.31. The highest BCUT2D eigenvalue weighted by Gasteiger charge is 2.11. The lowest BCUT2D eigenvalue weighted by Gasteiger charge is -2.05. The van der Waals surface area contributed by atoms with Gasteiger partial charge in [0, 0.05) is 24.0 Å². The van der Waals surface area contributed by atoms with Crippen LogP contribution in [0.15, 0.2) is 24.3 Å². The Hall–Kier alpha value is -2.10. The molecule has 2 N–H and O–H groups in total. The Morgan fingerprint density at radius 2 is 2.06 bits per heavy atom. The number of carbonyl (C=O) groups is 1. The molecule has 94 valence electrons. The lowest BCUT2D eigenvalue weighted by molar-refractivity contribution is 0.0990. The first kappa shape index (κ1) is 12.4. The molecule has 0 aliphatic heterocycles. The largest absolute Gasteiger partial charge is 0.399 e. The van der Waals surface area contributed by atoms with Crippen molar-refractivity contribution in [1.29, 1.82) is 0 Å². The zero-order chi connectivity index (χ0) is 13.3. The van der Waals surface area contributed by atoms with Crippen LogP contribution in [0.1, 0.15) is 27.3 Å². The van der Waals surface area contributed by atoms with E-state index in [2.05, 4.69) is 5.10 Å². The molecule has 0 aliphatic carbocycles. The summed E-state index contributed by atoms with van der Waals surface area (Å²) in [5, 5.41) is 4.23. The van der Waals surface area contributed by atoms with Crippen molar-refractivity contribution in [1.82, 2.24) is 9.78 Å². The third-order valence-electron chi connectivity index (χ3n) is 3.03. The monoisotopic (exact) mass is 243 g/mol. The number of Topliss-reactive ketones (excluding diaryl/α,β-unsaturated/α-hetero) is 1. The van der Waals surface area contributed by atoms with E-state index in [-0.39, 0.29) is 5.78 Å². The van der Waals surface area contributed by atoms with Gasteiger partial charge in [0.2, 0.25) is 0 Å². The molecular formula is C14H17N3O. The number of nitrogens with zero attached hydrogens (tertiary/aromatic N) is 2. The molecule has 0 radical (unpaired) electrons. The van der Waals surface area contributed by atoms with Gasteiger partial charge >= 0.3 is 0 Å². The van der Waals surface area contributed by atoms with Gasteiger partial charge in [-0.25, -0.2) is 0 Å². The Morgan fingerprint density at radius 1 is 1.33 bits per heavy atom. The van der Waals surface area contributed by atoms with E-state index in [4.69, 9.17) is 5.73 Å². The average Bonchev–Trinajstić information content (AvgIpc) is 2.61. The molecule has 2 aromatic rings. The Balaban J connectivity index is 2.22. The smallest absolute Gasteiger partial charge is 0.168 e. The van der Waals surface area contributed by atoms with Crippen LogP contribution < -0.4 is 5.73 Å². The molecule has 1 aromatic carbocycles. The molecule has 1 aromatic heterocycles. The van der Waals surface area contributed by atoms with Crippen LogP contribution in [0.25, 0.3) is 0 Å². The van der Waals surface area contributed by atoms with E-state index in [0.717, 1.165) is 17.0 Å². The summed E-state index contributed by atoms with van der Waals surface area (Å²) in [6.07, 6.45) is 0.362. The molecule has 4 nitrogen and oxygen atoms in total. The standard InChI is InChI=1S/C14H17N3O/c1-9-6-11(4-5-13(9)15)14(18)8-12-7-10(2)16-17(12)3/h4-7H,8,15H2,1-3H3. The molecule has 0 fully saturated rings. The Morgan fingerprint density at radius 3 is 2.61 bits per heavy atom. The van der Waals surface area contributed by atoms with Gasteiger partial charge in [-0.15, -0.1) is 0 Å². The van der Waals surface area contributed by atoms with Crippen molar-refractivity contribution in [3.63, 3.8) is 0 Å². The van der Waals surface area contributed by atoms with Gasteiger partial charge in [-0.3, -0.25) is 9.48 Å². The molecule has 0 spiro atoms. The lowest BCUT2D eigenvalue weighted by atomic mass is 10.0. The van der Waals surface area contributed by atoms with Gasteiger partial charge < -0.3 is 5.73 Å². The number of nitrogen functional groups attached to an aromatic ring is 1. The van der Waals surface area contributed by atoms with Crippen molar-refractivity contribution in [3.05, 3.63) is 46.8 Å². The highest BCUT2D eigenvalue weighted by molar-refractivity contribution is 5.97. The lowest BCUT2D eigenvalue weighted by Crippen LogP contribution is -2.08. The number of aryl methyl sites for hydroxylation is 3. The third kappa shape index (κ3) is 2.42. The first-order valence-electron chi connectivity index (χ1n) is 5.86. The molecule has 0 amide bonds. The van der Waals surface area contributed by atoms with Crippen molar-refractivity contribution >= 4 is 11.5 Å². The zero-order valence-corrected chi connectivity index (χ0v) is 10.9. The van der Waals surface area contributed by atoms with Crippen molar-refractivity contribution in [3.8, 4) is 0 Å². The number of nitrogens with two attached hydrogens (primary N) is 1. The van der Waals surface area contributed by atoms with Crippen LogP contribution in [0.4, 0.5) is 5.69 Å². The van der Waals surface area contributed by atoms with Gasteiger partial charge in [0.25, 0.3) is 0 Å². The topological polar surface area (TPSA) is 60.9 Å². The fourth-order valence-electron chi connectivity index (χ4n) is 1.95. The van der Waals surface area contributed by atoms with Crippen LogP contribution in [0.3, 0.4) is 0 Å². The second-order valence-electron chi connectivity index (χ2n) is 4.57. The number of aromatic nitrogens is 2. The van der Waals surface area contributed by atoms with Gasteiger partial charge in [0.05, 0.1) is 12.1 Å². The molecule has 0 bridgehead atoms. The van der Waals surface area contributed by atoms with E-state index >= 15 is 0 Å². The molecule has 0 aliphatic rings. The number of benzene rings is 1. The summed E-state index contributed by atoms with van der Waals surface area (Å²) in [5.41, 5.74) is 9.93. The number of carbonyl (C=O) groups excluding carboxylic acids is 1. The van der Waals surface area contributed by atoms with Gasteiger partial charge in [-0.05, 0) is 43.7 Å². The maximum Gasteiger partial charge on any atom is 0.168 e. The van der Waals surface area contributed by atoms with E-state index < -0.39 is 0 Å². The van der Waals surface area contributed by atoms with Gasteiger partial charge in [0.1, 0.15) is 0 Å². The van der Waals surface area contributed by atoms with E-state index in [1.165, 1.54) is 0 Å². The number of ketones is 1. The van der Waals surface area contributed by atoms with Crippen LogP contribution in [-0.4, -0.2) is 15.6 Å². The third-order valence-corrected chi connectivity index (χ3v) is 3.03. The Kier molecular flexibility index (Phi) is 3.19. The number of hydrogen-bond donors (Lipinski definition) is 1. The summed E-state index contributed by atoms with van der Waals surface area (Å²) in [5.74, 6) is 0.0844. The summed E-state index contributed by atoms with van der Waals surface area (Å²) in [4.78, 5) is 12.2. The summed E-state index contributed by atoms with van der Waals surface area (Å²) in [6.45, 7) is 3.82. The quantitative estimate of drug-likeness (QED) is 0.663. The first-order valence-corrected chi connectivity index (χ1v) is 5.86. The van der Waals surface area contributed by atoms with Crippen molar-refractivity contribution in [2.24, 2.45) is 7.05 Å². The van der Waals surface area contributed by atoms with Gasteiger partial charge in [-0.2, -0.15) is 5.10 Å². The maximum absolute atomic E-state index is 12.2. The van der Waals surface area contributed by atoms with E-state index in [9.17, 15) is 4.79 Å². The van der Waals surface area contributed by atoms with Crippen molar-refractivity contribution < 1.29 is 4.79 Å². The maximum atomic E-state index is 12.2. The summed E-state index contributed by atoms with van der Waals surface area (Å²) >= 11 is 0. The number of anilines is 1. The van der Waals surface area contributed by atoms with Crippen molar-refractivity contribution in [2.45, 2.75) is 20.3 Å². The predicted octanol–water partition coefficient (Wildman–Crippen LogP) is 2.04. The minimum atomic E-state index is 0.0844. The summed E-state index contributed by atoms with van der Waals surface area (Å²) < 4.78 is 1.75. The molecule has 18 heavy (non-hydrogen) atoms. The van der Waals surface area contributed by atoms with E-state index in [1.807, 2.05) is 33.0 Å². The normalized spacial score (nSPS) is 10.6. The van der Waals surface area contributed by atoms with Crippen LogP contribution in [0.5, 0.6) is 0 Å².